The molecule has 0 saturated carbocycles. The van der Waals surface area contributed by atoms with Crippen LogP contribution in [0, 0.1) is 0 Å². The average molecular weight is 433 g/mol. The molecule has 2 aromatic rings. The number of benzene rings is 2. The molecule has 2 heterocycles. The van der Waals surface area contributed by atoms with Gasteiger partial charge in [-0.15, -0.1) is 0 Å². The van der Waals surface area contributed by atoms with Crippen LogP contribution in [0.1, 0.15) is 12.0 Å². The fraction of sp³-hybridized carbons (Fsp3) is 0.364. The topological polar surface area (TPSA) is 53.1 Å². The zero-order chi connectivity index (χ0) is 22.2. The largest absolute Gasteiger partial charge is 0.497 e. The summed E-state index contributed by atoms with van der Waals surface area (Å²) in [7, 11) is 1.54. The molecule has 0 unspecified atom stereocenters. The second-order valence-electron chi connectivity index (χ2n) is 7.56. The Hall–Kier alpha value is -3.07. The van der Waals surface area contributed by atoms with Crippen LogP contribution < -0.4 is 14.5 Å². The lowest BCUT2D eigenvalue weighted by molar-refractivity contribution is -0.137. The molecule has 31 heavy (non-hydrogen) atoms. The summed E-state index contributed by atoms with van der Waals surface area (Å²) in [4.78, 5) is 30.5. The van der Waals surface area contributed by atoms with Crippen LogP contribution in [-0.2, 0) is 15.8 Å². The predicted molar refractivity (Wildman–Crippen MR) is 109 cm³/mol. The van der Waals surface area contributed by atoms with Gasteiger partial charge in [-0.3, -0.25) is 14.5 Å². The number of alkyl halides is 3. The minimum absolute atomic E-state index is 0.0917. The maximum atomic E-state index is 13.0. The van der Waals surface area contributed by atoms with Gasteiger partial charge in [-0.2, -0.15) is 13.2 Å². The van der Waals surface area contributed by atoms with Gasteiger partial charge < -0.3 is 9.64 Å². The van der Waals surface area contributed by atoms with Crippen LogP contribution in [0.3, 0.4) is 0 Å². The standard InChI is InChI=1S/C22H22F3N3O3/c1-31-18-7-5-16(6-8-18)28-20(29)14-19(21(28)30)27-11-9-26(10-12-27)17-4-2-3-15(13-17)22(23,24)25/h2-8,13,19H,9-12,14H2,1H3/t19-/m0/s1. The maximum absolute atomic E-state index is 13.0. The molecule has 2 fully saturated rings. The summed E-state index contributed by atoms with van der Waals surface area (Å²) < 4.78 is 44.1. The molecular formula is C22H22F3N3O3. The Morgan fingerprint density at radius 1 is 0.935 bits per heavy atom. The van der Waals surface area contributed by atoms with Crippen LogP contribution in [-0.4, -0.2) is 56.0 Å². The highest BCUT2D eigenvalue weighted by molar-refractivity contribution is 6.22. The summed E-state index contributed by atoms with van der Waals surface area (Å²) in [6.45, 7) is 1.91. The first-order chi connectivity index (χ1) is 14.8. The van der Waals surface area contributed by atoms with E-state index in [2.05, 4.69) is 0 Å². The van der Waals surface area contributed by atoms with Gasteiger partial charge in [0.1, 0.15) is 5.75 Å². The second-order valence-corrected chi connectivity index (χ2v) is 7.56. The number of halogens is 3. The SMILES string of the molecule is COc1ccc(N2C(=O)C[C@H](N3CCN(c4cccc(C(F)(F)F)c4)CC3)C2=O)cc1. The van der Waals surface area contributed by atoms with Gasteiger partial charge in [0, 0.05) is 31.9 Å². The molecule has 2 aliphatic rings. The fourth-order valence-corrected chi connectivity index (χ4v) is 4.07. The smallest absolute Gasteiger partial charge is 0.416 e. The number of ether oxygens (including phenoxy) is 1. The van der Waals surface area contributed by atoms with E-state index in [1.165, 1.54) is 18.1 Å². The van der Waals surface area contributed by atoms with E-state index >= 15 is 0 Å². The van der Waals surface area contributed by atoms with Gasteiger partial charge in [0.2, 0.25) is 5.91 Å². The summed E-state index contributed by atoms with van der Waals surface area (Å²) in [6.07, 6.45) is -4.30. The Labute approximate surface area is 177 Å². The summed E-state index contributed by atoms with van der Waals surface area (Å²) in [6, 6.07) is 11.4. The molecule has 1 atom stereocenters. The zero-order valence-electron chi connectivity index (χ0n) is 16.9. The summed E-state index contributed by atoms with van der Waals surface area (Å²) in [5, 5.41) is 0. The molecule has 0 aromatic heterocycles. The molecule has 2 aromatic carbocycles. The highest BCUT2D eigenvalue weighted by Gasteiger charge is 2.43. The van der Waals surface area contributed by atoms with E-state index in [-0.39, 0.29) is 18.2 Å². The minimum Gasteiger partial charge on any atom is -0.497 e. The minimum atomic E-state index is -4.39. The summed E-state index contributed by atoms with van der Waals surface area (Å²) in [5.74, 6) is 0.0910. The van der Waals surface area contributed by atoms with Crippen molar-refractivity contribution in [2.75, 3.05) is 43.1 Å². The Balaban J connectivity index is 1.42. The molecule has 2 aliphatic heterocycles. The lowest BCUT2D eigenvalue weighted by Gasteiger charge is -2.38. The highest BCUT2D eigenvalue weighted by Crippen LogP contribution is 2.32. The van der Waals surface area contributed by atoms with Gasteiger partial charge in [-0.1, -0.05) is 6.07 Å². The molecule has 0 bridgehead atoms. The molecule has 9 heteroatoms. The first-order valence-corrected chi connectivity index (χ1v) is 9.95. The predicted octanol–water partition coefficient (Wildman–Crippen LogP) is 3.17. The Morgan fingerprint density at radius 2 is 1.61 bits per heavy atom. The van der Waals surface area contributed by atoms with Crippen molar-refractivity contribution in [3.05, 3.63) is 54.1 Å². The van der Waals surface area contributed by atoms with Crippen molar-refractivity contribution < 1.29 is 27.5 Å². The number of hydrogen-bond donors (Lipinski definition) is 0. The van der Waals surface area contributed by atoms with E-state index in [1.807, 2.05) is 9.80 Å². The second kappa shape index (κ2) is 8.22. The first-order valence-electron chi connectivity index (χ1n) is 9.95. The van der Waals surface area contributed by atoms with Crippen LogP contribution in [0.5, 0.6) is 5.75 Å². The van der Waals surface area contributed by atoms with Crippen LogP contribution in [0.25, 0.3) is 0 Å². The van der Waals surface area contributed by atoms with Gasteiger partial charge in [0.25, 0.3) is 5.91 Å². The molecule has 164 valence electrons. The number of methoxy groups -OCH3 is 1. The fourth-order valence-electron chi connectivity index (χ4n) is 4.07. The van der Waals surface area contributed by atoms with Crippen molar-refractivity contribution in [1.82, 2.24) is 4.90 Å². The van der Waals surface area contributed by atoms with E-state index in [4.69, 9.17) is 4.74 Å². The molecule has 0 aliphatic carbocycles. The summed E-state index contributed by atoms with van der Waals surface area (Å²) >= 11 is 0. The van der Waals surface area contributed by atoms with Crippen LogP contribution in [0.15, 0.2) is 48.5 Å². The normalized spacial score (nSPS) is 20.5. The Kier molecular flexibility index (Phi) is 5.62. The molecule has 0 spiro atoms. The third-order valence-electron chi connectivity index (χ3n) is 5.75. The van der Waals surface area contributed by atoms with Crippen molar-refractivity contribution in [2.24, 2.45) is 0 Å². The number of imide groups is 1. The molecule has 2 saturated heterocycles. The molecule has 0 N–H and O–H groups in total. The van der Waals surface area contributed by atoms with E-state index in [0.29, 0.717) is 43.3 Å². The number of piperazine rings is 1. The molecule has 6 nitrogen and oxygen atoms in total. The van der Waals surface area contributed by atoms with Crippen molar-refractivity contribution in [1.29, 1.82) is 0 Å². The number of carbonyl (C=O) groups is 2. The zero-order valence-corrected chi connectivity index (χ0v) is 16.9. The van der Waals surface area contributed by atoms with E-state index < -0.39 is 17.8 Å². The van der Waals surface area contributed by atoms with Gasteiger partial charge >= 0.3 is 6.18 Å². The van der Waals surface area contributed by atoms with Crippen LogP contribution in [0.2, 0.25) is 0 Å². The third-order valence-corrected chi connectivity index (χ3v) is 5.75. The van der Waals surface area contributed by atoms with Crippen molar-refractivity contribution in [2.45, 2.75) is 18.6 Å². The number of anilines is 2. The molecule has 2 amide bonds. The third kappa shape index (κ3) is 4.23. The Bertz CT molecular complexity index is 970. The number of hydrogen-bond acceptors (Lipinski definition) is 5. The number of carbonyl (C=O) groups excluding carboxylic acids is 2. The van der Waals surface area contributed by atoms with Gasteiger partial charge in [0.15, 0.2) is 0 Å². The lowest BCUT2D eigenvalue weighted by Crippen LogP contribution is -2.52. The van der Waals surface area contributed by atoms with Crippen molar-refractivity contribution in [3.63, 3.8) is 0 Å². The van der Waals surface area contributed by atoms with E-state index in [9.17, 15) is 22.8 Å². The quantitative estimate of drug-likeness (QED) is 0.694. The van der Waals surface area contributed by atoms with Crippen molar-refractivity contribution in [3.8, 4) is 5.75 Å². The highest BCUT2D eigenvalue weighted by atomic mass is 19.4. The average Bonchev–Trinajstić information content (AvgIpc) is 3.07. The maximum Gasteiger partial charge on any atom is 0.416 e. The molecule has 0 radical (unpaired) electrons. The molecule has 4 rings (SSSR count). The number of amides is 2. The van der Waals surface area contributed by atoms with Crippen molar-refractivity contribution >= 4 is 23.2 Å². The van der Waals surface area contributed by atoms with Gasteiger partial charge in [0.05, 0.1) is 30.8 Å². The van der Waals surface area contributed by atoms with E-state index in [1.54, 1.807) is 30.3 Å². The number of rotatable bonds is 4. The van der Waals surface area contributed by atoms with Crippen LogP contribution in [0.4, 0.5) is 24.5 Å². The van der Waals surface area contributed by atoms with E-state index in [0.717, 1.165) is 12.1 Å². The lowest BCUT2D eigenvalue weighted by atomic mass is 10.1. The van der Waals surface area contributed by atoms with Gasteiger partial charge in [-0.25, -0.2) is 4.90 Å². The Morgan fingerprint density at radius 3 is 2.23 bits per heavy atom. The molecular weight excluding hydrogens is 411 g/mol. The first kappa shape index (κ1) is 21.2. The number of nitrogens with zero attached hydrogens (tertiary/aromatic N) is 3. The van der Waals surface area contributed by atoms with Gasteiger partial charge in [-0.05, 0) is 42.5 Å². The monoisotopic (exact) mass is 433 g/mol. The summed E-state index contributed by atoms with van der Waals surface area (Å²) in [5.41, 5.74) is 0.322. The van der Waals surface area contributed by atoms with Crippen LogP contribution >= 0.6 is 0 Å².